The lowest BCUT2D eigenvalue weighted by atomic mass is 9.70. The summed E-state index contributed by atoms with van der Waals surface area (Å²) in [7, 11) is 0. The molecule has 1 unspecified atom stereocenters. The van der Waals surface area contributed by atoms with Gasteiger partial charge in [0.1, 0.15) is 11.2 Å². The maximum atomic E-state index is 6.67. The molecule has 72 heavy (non-hydrogen) atoms. The zero-order valence-electron chi connectivity index (χ0n) is 39.2. The molecule has 12 aromatic carbocycles. The minimum absolute atomic E-state index is 0.642. The van der Waals surface area contributed by atoms with Crippen LogP contribution in [0.3, 0.4) is 0 Å². The van der Waals surface area contributed by atoms with Crippen molar-refractivity contribution in [3.05, 3.63) is 289 Å². The summed E-state index contributed by atoms with van der Waals surface area (Å²) in [4.78, 5) is 4.95. The van der Waals surface area contributed by atoms with Crippen molar-refractivity contribution < 1.29 is 4.42 Å². The zero-order valence-corrected chi connectivity index (χ0v) is 39.2. The molecule has 1 aromatic heterocycles. The first-order valence-electron chi connectivity index (χ1n) is 24.8. The quantitative estimate of drug-likeness (QED) is 0.159. The second kappa shape index (κ2) is 15.8. The van der Waals surface area contributed by atoms with E-state index in [2.05, 4.69) is 277 Å². The largest absolute Gasteiger partial charge is 0.456 e. The van der Waals surface area contributed by atoms with Crippen LogP contribution in [0.15, 0.2) is 271 Å². The molecule has 3 heteroatoms. The van der Waals surface area contributed by atoms with Gasteiger partial charge in [0.05, 0.1) is 22.2 Å². The summed E-state index contributed by atoms with van der Waals surface area (Å²) in [5.41, 5.74) is 20.1. The van der Waals surface area contributed by atoms with E-state index in [0.717, 1.165) is 72.6 Å². The Kier molecular flexibility index (Phi) is 8.87. The van der Waals surface area contributed by atoms with E-state index in [4.69, 9.17) is 4.42 Å². The maximum absolute atomic E-state index is 6.67. The zero-order chi connectivity index (χ0) is 47.3. The standard InChI is InChI=1S/C69H44N2O/c1-3-19-46(20-4-1)54-39-35-47-21-9-10-25-53(47)68(54)71(64-31-17-33-66-67(64)59-28-13-16-32-65(59)72-66)52-38-41-58-56-27-12-15-30-61(56)69(63(58)44-52)60-29-14-11-26-55(60)57-40-37-51(43-62(57)69)70(49-23-5-2-6-24-49)50-36-34-45-18-7-8-22-48(45)42-50/h1-44H. The van der Waals surface area contributed by atoms with E-state index in [0.29, 0.717) is 0 Å². The summed E-state index contributed by atoms with van der Waals surface area (Å²) in [6.45, 7) is 0. The van der Waals surface area contributed by atoms with Gasteiger partial charge in [-0.2, -0.15) is 0 Å². The van der Waals surface area contributed by atoms with Crippen molar-refractivity contribution >= 4 is 77.6 Å². The third-order valence-corrected chi connectivity index (χ3v) is 15.4. The lowest BCUT2D eigenvalue weighted by Gasteiger charge is -2.34. The van der Waals surface area contributed by atoms with Gasteiger partial charge in [-0.15, -0.1) is 0 Å². The Morgan fingerprint density at radius 3 is 1.54 bits per heavy atom. The average molecular weight is 917 g/mol. The summed E-state index contributed by atoms with van der Waals surface area (Å²) in [5, 5.41) is 6.93. The van der Waals surface area contributed by atoms with Crippen LogP contribution in [0.1, 0.15) is 22.3 Å². The highest BCUT2D eigenvalue weighted by Crippen LogP contribution is 2.64. The molecule has 2 aliphatic carbocycles. The molecule has 15 rings (SSSR count). The van der Waals surface area contributed by atoms with Crippen LogP contribution in [-0.2, 0) is 5.41 Å². The van der Waals surface area contributed by atoms with Gasteiger partial charge < -0.3 is 14.2 Å². The van der Waals surface area contributed by atoms with Gasteiger partial charge in [0.25, 0.3) is 0 Å². The minimum Gasteiger partial charge on any atom is -0.456 e. The molecule has 0 fully saturated rings. The molecule has 1 heterocycles. The van der Waals surface area contributed by atoms with Gasteiger partial charge >= 0.3 is 0 Å². The van der Waals surface area contributed by atoms with Crippen molar-refractivity contribution in [1.29, 1.82) is 0 Å². The third kappa shape index (κ3) is 5.85. The van der Waals surface area contributed by atoms with Crippen LogP contribution in [-0.4, -0.2) is 0 Å². The lowest BCUT2D eigenvalue weighted by molar-refractivity contribution is 0.669. The van der Waals surface area contributed by atoms with Crippen LogP contribution in [0, 0.1) is 0 Å². The van der Waals surface area contributed by atoms with Gasteiger partial charge in [-0.1, -0.05) is 200 Å². The van der Waals surface area contributed by atoms with E-state index >= 15 is 0 Å². The van der Waals surface area contributed by atoms with Crippen LogP contribution in [0.4, 0.5) is 34.1 Å². The summed E-state index contributed by atoms with van der Waals surface area (Å²) in [5.74, 6) is 0. The molecule has 0 aliphatic heterocycles. The molecule has 1 spiro atoms. The average Bonchev–Trinajstić information content (AvgIpc) is 4.08. The normalized spacial score (nSPS) is 14.2. The Balaban J connectivity index is 1.03. The maximum Gasteiger partial charge on any atom is 0.137 e. The van der Waals surface area contributed by atoms with Gasteiger partial charge in [0.2, 0.25) is 0 Å². The number of para-hydroxylation sites is 2. The van der Waals surface area contributed by atoms with Crippen LogP contribution in [0.5, 0.6) is 0 Å². The highest BCUT2D eigenvalue weighted by molar-refractivity contribution is 6.16. The molecular formula is C69H44N2O. The predicted octanol–water partition coefficient (Wildman–Crippen LogP) is 18.8. The summed E-state index contributed by atoms with van der Waals surface area (Å²) < 4.78 is 6.67. The summed E-state index contributed by atoms with van der Waals surface area (Å²) >= 11 is 0. The number of hydrogen-bond acceptors (Lipinski definition) is 3. The SMILES string of the molecule is c1ccc(-c2ccc3ccccc3c2N(c2ccc3c(c2)C2(c4ccccc4-c4ccc(N(c5ccccc5)c5ccc6ccccc6c5)cc42)c2ccccc2-3)c2cccc3oc4ccccc4c23)cc1. The molecule has 1 atom stereocenters. The lowest BCUT2D eigenvalue weighted by Crippen LogP contribution is -2.26. The van der Waals surface area contributed by atoms with Gasteiger partial charge in [-0.05, 0) is 133 Å². The highest BCUT2D eigenvalue weighted by Gasteiger charge is 2.52. The van der Waals surface area contributed by atoms with Gasteiger partial charge in [0.15, 0.2) is 0 Å². The summed E-state index contributed by atoms with van der Waals surface area (Å²) in [6, 6.07) is 98.1. The fourth-order valence-electron chi connectivity index (χ4n) is 12.4. The van der Waals surface area contributed by atoms with Crippen molar-refractivity contribution in [1.82, 2.24) is 0 Å². The van der Waals surface area contributed by atoms with E-state index in [-0.39, 0.29) is 0 Å². The predicted molar refractivity (Wildman–Crippen MR) is 300 cm³/mol. The van der Waals surface area contributed by atoms with Crippen molar-refractivity contribution in [3.63, 3.8) is 0 Å². The molecule has 3 nitrogen and oxygen atoms in total. The Morgan fingerprint density at radius 1 is 0.292 bits per heavy atom. The van der Waals surface area contributed by atoms with Crippen molar-refractivity contribution in [2.24, 2.45) is 0 Å². The monoisotopic (exact) mass is 916 g/mol. The molecule has 2 aliphatic rings. The Labute approximate surface area is 417 Å². The van der Waals surface area contributed by atoms with E-state index in [1.165, 1.54) is 60.7 Å². The molecule has 0 N–H and O–H groups in total. The number of hydrogen-bond donors (Lipinski definition) is 0. The van der Waals surface area contributed by atoms with Crippen LogP contribution < -0.4 is 9.80 Å². The van der Waals surface area contributed by atoms with Gasteiger partial charge in [-0.3, -0.25) is 0 Å². The highest BCUT2D eigenvalue weighted by atomic mass is 16.3. The van der Waals surface area contributed by atoms with E-state index in [9.17, 15) is 0 Å². The topological polar surface area (TPSA) is 19.6 Å². The second-order valence-electron chi connectivity index (χ2n) is 19.1. The third-order valence-electron chi connectivity index (χ3n) is 15.4. The Bertz CT molecular complexity index is 4290. The van der Waals surface area contributed by atoms with Crippen molar-refractivity contribution in [2.45, 2.75) is 5.41 Å². The first kappa shape index (κ1) is 40.4. The molecule has 13 aromatic rings. The van der Waals surface area contributed by atoms with Gasteiger partial charge in [-0.25, -0.2) is 0 Å². The number of benzene rings is 12. The molecule has 0 radical (unpaired) electrons. The number of furan rings is 1. The fraction of sp³-hybridized carbons (Fsp3) is 0.0145. The first-order chi connectivity index (χ1) is 35.7. The molecule has 0 saturated heterocycles. The van der Waals surface area contributed by atoms with Crippen molar-refractivity contribution in [2.75, 3.05) is 9.80 Å². The molecule has 0 bridgehead atoms. The van der Waals surface area contributed by atoms with E-state index in [1.54, 1.807) is 0 Å². The fourth-order valence-corrected chi connectivity index (χ4v) is 12.4. The van der Waals surface area contributed by atoms with Crippen molar-refractivity contribution in [3.8, 4) is 33.4 Å². The van der Waals surface area contributed by atoms with Crippen LogP contribution >= 0.6 is 0 Å². The molecular weight excluding hydrogens is 873 g/mol. The second-order valence-corrected chi connectivity index (χ2v) is 19.1. The number of anilines is 6. The van der Waals surface area contributed by atoms with Crippen LogP contribution in [0.2, 0.25) is 0 Å². The van der Waals surface area contributed by atoms with Crippen LogP contribution in [0.25, 0.3) is 76.9 Å². The number of nitrogens with zero attached hydrogens (tertiary/aromatic N) is 2. The smallest absolute Gasteiger partial charge is 0.137 e. The van der Waals surface area contributed by atoms with Gasteiger partial charge in [0, 0.05) is 39.1 Å². The summed E-state index contributed by atoms with van der Waals surface area (Å²) in [6.07, 6.45) is 0. The first-order valence-corrected chi connectivity index (χ1v) is 24.8. The minimum atomic E-state index is -0.642. The Morgan fingerprint density at radius 2 is 0.806 bits per heavy atom. The molecule has 336 valence electrons. The molecule has 0 saturated carbocycles. The Hall–Kier alpha value is -9.44. The van der Waals surface area contributed by atoms with E-state index < -0.39 is 5.41 Å². The number of rotatable bonds is 7. The molecule has 0 amide bonds. The number of fused-ring (bicyclic) bond motifs is 15. The van der Waals surface area contributed by atoms with E-state index in [1.807, 2.05) is 0 Å².